The van der Waals surface area contributed by atoms with Crippen LogP contribution in [0.5, 0.6) is 0 Å². The fourth-order valence-corrected chi connectivity index (χ4v) is 4.37. The van der Waals surface area contributed by atoms with E-state index in [9.17, 15) is 4.79 Å². The van der Waals surface area contributed by atoms with E-state index in [1.807, 2.05) is 0 Å². The quantitative estimate of drug-likeness (QED) is 0.866. The van der Waals surface area contributed by atoms with Gasteiger partial charge in [0.2, 0.25) is 5.91 Å². The number of aryl methyl sites for hydroxylation is 1. The van der Waals surface area contributed by atoms with E-state index in [-0.39, 0.29) is 11.3 Å². The van der Waals surface area contributed by atoms with Gasteiger partial charge in [-0.25, -0.2) is 4.57 Å². The first-order valence-electron chi connectivity index (χ1n) is 9.34. The highest BCUT2D eigenvalue weighted by Gasteiger charge is 2.57. The van der Waals surface area contributed by atoms with Crippen LogP contribution in [-0.2, 0) is 16.8 Å². The molecule has 2 aliphatic rings. The average molecular weight is 348 g/mol. The predicted octanol–water partition coefficient (Wildman–Crippen LogP) is 3.02. The number of nitrogens with one attached hydrogen (secondary N) is 1. The molecular formula is C22H26N3O+. The van der Waals surface area contributed by atoms with Gasteiger partial charge in [-0.3, -0.25) is 4.79 Å². The van der Waals surface area contributed by atoms with Crippen molar-refractivity contribution in [1.82, 2.24) is 5.32 Å². The molecule has 1 amide bonds. The zero-order chi connectivity index (χ0) is 18.4. The normalized spacial score (nSPS) is 23.7. The van der Waals surface area contributed by atoms with Crippen molar-refractivity contribution in [1.29, 1.82) is 0 Å². The van der Waals surface area contributed by atoms with Gasteiger partial charge in [0.1, 0.15) is 12.2 Å². The van der Waals surface area contributed by atoms with Gasteiger partial charge in [-0.05, 0) is 36.8 Å². The number of aromatic nitrogens is 1. The van der Waals surface area contributed by atoms with Crippen molar-refractivity contribution in [2.24, 2.45) is 0 Å². The van der Waals surface area contributed by atoms with Gasteiger partial charge in [0, 0.05) is 35.7 Å². The second-order valence-corrected chi connectivity index (χ2v) is 7.66. The molecule has 4 heteroatoms. The van der Waals surface area contributed by atoms with Gasteiger partial charge in [-0.1, -0.05) is 32.0 Å². The third kappa shape index (κ3) is 2.36. The fourth-order valence-electron chi connectivity index (χ4n) is 4.37. The predicted molar refractivity (Wildman–Crippen MR) is 104 cm³/mol. The number of benzene rings is 1. The van der Waals surface area contributed by atoms with Gasteiger partial charge in [-0.2, -0.15) is 0 Å². The molecule has 4 rings (SSSR count). The zero-order valence-corrected chi connectivity index (χ0v) is 15.7. The van der Waals surface area contributed by atoms with Crippen LogP contribution in [0.1, 0.15) is 38.3 Å². The number of para-hydroxylation sites is 1. The van der Waals surface area contributed by atoms with Gasteiger partial charge in [-0.15, -0.1) is 0 Å². The number of amides is 1. The first-order chi connectivity index (χ1) is 12.5. The second kappa shape index (κ2) is 5.97. The Labute approximate surface area is 155 Å². The van der Waals surface area contributed by atoms with Gasteiger partial charge in [0.25, 0.3) is 0 Å². The van der Waals surface area contributed by atoms with Crippen LogP contribution in [0, 0.1) is 0 Å². The van der Waals surface area contributed by atoms with E-state index in [1.165, 1.54) is 11.3 Å². The molecule has 26 heavy (non-hydrogen) atoms. The molecule has 1 saturated heterocycles. The van der Waals surface area contributed by atoms with Crippen molar-refractivity contribution in [3.63, 3.8) is 0 Å². The smallest absolute Gasteiger partial charge is 0.223 e. The van der Waals surface area contributed by atoms with Gasteiger partial charge in [0.15, 0.2) is 12.4 Å². The van der Waals surface area contributed by atoms with Crippen molar-refractivity contribution in [2.75, 3.05) is 11.4 Å². The third-order valence-electron chi connectivity index (χ3n) is 5.90. The molecule has 2 aromatic rings. The molecule has 134 valence electrons. The van der Waals surface area contributed by atoms with Crippen LogP contribution in [0.4, 0.5) is 5.69 Å². The highest BCUT2D eigenvalue weighted by atomic mass is 16.2. The van der Waals surface area contributed by atoms with E-state index in [4.69, 9.17) is 0 Å². The molecule has 1 N–H and O–H groups in total. The summed E-state index contributed by atoms with van der Waals surface area (Å²) in [5.41, 5.74) is 2.86. The summed E-state index contributed by atoms with van der Waals surface area (Å²) in [5, 5.41) is 3.32. The minimum absolute atomic E-state index is 0.114. The number of anilines is 1. The lowest BCUT2D eigenvalue weighted by molar-refractivity contribution is -0.693. The first kappa shape index (κ1) is 16.8. The average Bonchev–Trinajstić information content (AvgIpc) is 2.85. The Morgan fingerprint density at radius 2 is 2.04 bits per heavy atom. The summed E-state index contributed by atoms with van der Waals surface area (Å²) in [6, 6.07) is 12.7. The summed E-state index contributed by atoms with van der Waals surface area (Å²) >= 11 is 0. The molecule has 3 heterocycles. The Kier molecular flexibility index (Phi) is 3.87. The Morgan fingerprint density at radius 1 is 1.23 bits per heavy atom. The highest BCUT2D eigenvalue weighted by Crippen LogP contribution is 2.52. The van der Waals surface area contributed by atoms with E-state index in [2.05, 4.69) is 96.5 Å². The molecule has 1 aromatic carbocycles. The molecule has 1 unspecified atom stereocenters. The van der Waals surface area contributed by atoms with Crippen molar-refractivity contribution < 1.29 is 9.36 Å². The summed E-state index contributed by atoms with van der Waals surface area (Å²) in [6.45, 7) is 8.25. The molecule has 0 saturated carbocycles. The van der Waals surface area contributed by atoms with Crippen LogP contribution in [0.2, 0.25) is 0 Å². The molecule has 1 fully saturated rings. The molecule has 0 spiro atoms. The summed E-state index contributed by atoms with van der Waals surface area (Å²) in [7, 11) is 0. The van der Waals surface area contributed by atoms with E-state index < -0.39 is 5.66 Å². The molecule has 0 aliphatic carbocycles. The van der Waals surface area contributed by atoms with Crippen LogP contribution >= 0.6 is 0 Å². The third-order valence-corrected chi connectivity index (χ3v) is 5.90. The maximum atomic E-state index is 12.4. The molecular weight excluding hydrogens is 322 g/mol. The summed E-state index contributed by atoms with van der Waals surface area (Å²) in [6.07, 6.45) is 9.05. The van der Waals surface area contributed by atoms with Crippen molar-refractivity contribution in [2.45, 2.75) is 44.8 Å². The molecule has 4 nitrogen and oxygen atoms in total. The van der Waals surface area contributed by atoms with E-state index >= 15 is 0 Å². The Hall–Kier alpha value is -2.62. The van der Waals surface area contributed by atoms with Crippen LogP contribution in [0.15, 0.2) is 54.9 Å². The number of carbonyl (C=O) groups is 1. The van der Waals surface area contributed by atoms with Gasteiger partial charge in [0.05, 0.1) is 0 Å². The number of rotatable bonds is 3. The summed E-state index contributed by atoms with van der Waals surface area (Å²) in [4.78, 5) is 14.7. The lowest BCUT2D eigenvalue weighted by Crippen LogP contribution is -2.68. The van der Waals surface area contributed by atoms with Gasteiger partial charge < -0.3 is 10.2 Å². The monoisotopic (exact) mass is 348 g/mol. The number of nitrogens with zero attached hydrogens (tertiary/aromatic N) is 2. The number of hydrogen-bond acceptors (Lipinski definition) is 2. The van der Waals surface area contributed by atoms with Crippen LogP contribution in [0.3, 0.4) is 0 Å². The standard InChI is InChI=1S/C22H25N3O/c1-4-24-14-7-8-17(16-24)11-13-22-21(2,3)18-9-5-6-10-19(18)25(22)15-12-20(26)23-22/h5-11,13-14,16H,4,12,15H2,1-3H3/p+1. The lowest BCUT2D eigenvalue weighted by atomic mass is 9.74. The van der Waals surface area contributed by atoms with Crippen LogP contribution in [-0.4, -0.2) is 18.1 Å². The minimum Gasteiger partial charge on any atom is -0.344 e. The van der Waals surface area contributed by atoms with E-state index in [0.29, 0.717) is 6.42 Å². The number of hydrogen-bond donors (Lipinski definition) is 1. The van der Waals surface area contributed by atoms with Crippen molar-refractivity contribution >= 4 is 17.7 Å². The van der Waals surface area contributed by atoms with Crippen LogP contribution in [0.25, 0.3) is 6.08 Å². The van der Waals surface area contributed by atoms with Gasteiger partial charge >= 0.3 is 0 Å². The second-order valence-electron chi connectivity index (χ2n) is 7.66. The van der Waals surface area contributed by atoms with Crippen LogP contribution < -0.4 is 14.8 Å². The molecule has 1 aromatic heterocycles. The molecule has 0 bridgehead atoms. The maximum Gasteiger partial charge on any atom is 0.223 e. The van der Waals surface area contributed by atoms with Crippen molar-refractivity contribution in [3.8, 4) is 0 Å². The Bertz CT molecular complexity index is 886. The zero-order valence-electron chi connectivity index (χ0n) is 15.7. The first-order valence-corrected chi connectivity index (χ1v) is 9.34. The van der Waals surface area contributed by atoms with E-state index in [1.54, 1.807) is 0 Å². The Balaban J connectivity index is 1.82. The molecule has 0 radical (unpaired) electrons. The SMILES string of the molecule is CC[n+]1cccc(C=CC23NC(=O)CCN2c2ccccc2C3(C)C)c1. The summed E-state index contributed by atoms with van der Waals surface area (Å²) < 4.78 is 2.16. The largest absolute Gasteiger partial charge is 0.344 e. The Morgan fingerprint density at radius 3 is 2.85 bits per heavy atom. The number of fused-ring (bicyclic) bond motifs is 3. The number of carbonyl (C=O) groups excluding carboxylic acids is 1. The fraction of sp³-hybridized carbons (Fsp3) is 0.364. The number of pyridine rings is 1. The van der Waals surface area contributed by atoms with Crippen molar-refractivity contribution in [3.05, 3.63) is 66.0 Å². The minimum atomic E-state index is -0.543. The molecule has 2 aliphatic heterocycles. The highest BCUT2D eigenvalue weighted by molar-refractivity contribution is 5.84. The maximum absolute atomic E-state index is 12.4. The molecule has 1 atom stereocenters. The lowest BCUT2D eigenvalue weighted by Gasteiger charge is -2.49. The van der Waals surface area contributed by atoms with E-state index in [0.717, 1.165) is 18.7 Å². The summed E-state index contributed by atoms with van der Waals surface area (Å²) in [5.74, 6) is 0.114. The topological polar surface area (TPSA) is 36.2 Å².